The lowest BCUT2D eigenvalue weighted by Crippen LogP contribution is -2.13. The van der Waals surface area contributed by atoms with Gasteiger partial charge in [0.1, 0.15) is 5.82 Å². The van der Waals surface area contributed by atoms with Crippen LogP contribution in [-0.2, 0) is 13.1 Å². The van der Waals surface area contributed by atoms with Gasteiger partial charge in [-0.2, -0.15) is 0 Å². The summed E-state index contributed by atoms with van der Waals surface area (Å²) in [5, 5.41) is 3.52. The molecular formula is C11H11ClFN3. The Kier molecular flexibility index (Phi) is 3.54. The molecule has 0 aliphatic carbocycles. The van der Waals surface area contributed by atoms with Crippen molar-refractivity contribution in [2.24, 2.45) is 0 Å². The maximum Gasteiger partial charge on any atom is 0.129 e. The first-order chi connectivity index (χ1) is 7.75. The first-order valence-corrected chi connectivity index (χ1v) is 5.25. The van der Waals surface area contributed by atoms with Crippen LogP contribution in [0.4, 0.5) is 4.39 Å². The minimum Gasteiger partial charge on any atom is -0.347 e. The molecule has 0 amide bonds. The summed E-state index contributed by atoms with van der Waals surface area (Å²) in [4.78, 5) is 6.85. The number of H-pyrrole nitrogens is 1. The van der Waals surface area contributed by atoms with Gasteiger partial charge in [0.2, 0.25) is 0 Å². The quantitative estimate of drug-likeness (QED) is 0.861. The van der Waals surface area contributed by atoms with Crippen molar-refractivity contribution in [2.45, 2.75) is 13.1 Å². The summed E-state index contributed by atoms with van der Waals surface area (Å²) < 4.78 is 13.4. The van der Waals surface area contributed by atoms with Crippen molar-refractivity contribution in [1.29, 1.82) is 0 Å². The number of benzene rings is 1. The second-order valence-electron chi connectivity index (χ2n) is 3.42. The van der Waals surface area contributed by atoms with E-state index in [9.17, 15) is 4.39 Å². The predicted molar refractivity (Wildman–Crippen MR) is 60.5 cm³/mol. The Morgan fingerprint density at radius 1 is 1.38 bits per heavy atom. The molecule has 0 spiro atoms. The lowest BCUT2D eigenvalue weighted by molar-refractivity contribution is 0.586. The highest BCUT2D eigenvalue weighted by molar-refractivity contribution is 6.30. The topological polar surface area (TPSA) is 40.7 Å². The molecule has 84 valence electrons. The van der Waals surface area contributed by atoms with Gasteiger partial charge in [-0.25, -0.2) is 9.37 Å². The van der Waals surface area contributed by atoms with Crippen LogP contribution in [0.2, 0.25) is 5.02 Å². The van der Waals surface area contributed by atoms with Crippen LogP contribution in [0.15, 0.2) is 30.7 Å². The molecule has 0 saturated carbocycles. The summed E-state index contributed by atoms with van der Waals surface area (Å²) >= 11 is 5.66. The summed E-state index contributed by atoms with van der Waals surface area (Å²) in [7, 11) is 0. The minimum absolute atomic E-state index is 0.287. The molecule has 0 aliphatic rings. The summed E-state index contributed by atoms with van der Waals surface area (Å²) in [6, 6.07) is 4.67. The van der Waals surface area contributed by atoms with Crippen LogP contribution in [0.25, 0.3) is 0 Å². The summed E-state index contributed by atoms with van der Waals surface area (Å²) in [6.45, 7) is 1.09. The van der Waals surface area contributed by atoms with Gasteiger partial charge in [-0.05, 0) is 12.1 Å². The Morgan fingerprint density at radius 3 is 2.94 bits per heavy atom. The van der Waals surface area contributed by atoms with E-state index in [1.807, 2.05) is 0 Å². The lowest BCUT2D eigenvalue weighted by atomic mass is 10.2. The van der Waals surface area contributed by atoms with Gasteiger partial charge < -0.3 is 10.3 Å². The SMILES string of the molecule is Fc1cc(Cl)ccc1CNCc1cnc[nH]1. The van der Waals surface area contributed by atoms with Gasteiger partial charge in [0.15, 0.2) is 0 Å². The minimum atomic E-state index is -0.287. The third-order valence-corrected chi connectivity index (χ3v) is 2.44. The maximum atomic E-state index is 13.4. The maximum absolute atomic E-state index is 13.4. The van der Waals surface area contributed by atoms with E-state index < -0.39 is 0 Å². The van der Waals surface area contributed by atoms with Gasteiger partial charge in [0.25, 0.3) is 0 Å². The Labute approximate surface area is 97.7 Å². The van der Waals surface area contributed by atoms with E-state index in [1.165, 1.54) is 6.07 Å². The van der Waals surface area contributed by atoms with Gasteiger partial charge in [0, 0.05) is 35.6 Å². The molecule has 0 unspecified atom stereocenters. The molecule has 2 N–H and O–H groups in total. The molecule has 5 heteroatoms. The van der Waals surface area contributed by atoms with Gasteiger partial charge in [0.05, 0.1) is 6.33 Å². The molecule has 0 saturated heterocycles. The molecule has 0 atom stereocenters. The van der Waals surface area contributed by atoms with Crippen LogP contribution < -0.4 is 5.32 Å². The first-order valence-electron chi connectivity index (χ1n) is 4.87. The van der Waals surface area contributed by atoms with E-state index in [2.05, 4.69) is 15.3 Å². The average molecular weight is 240 g/mol. The number of imidazole rings is 1. The fourth-order valence-corrected chi connectivity index (χ4v) is 1.54. The van der Waals surface area contributed by atoms with Crippen molar-refractivity contribution in [3.63, 3.8) is 0 Å². The Morgan fingerprint density at radius 2 is 2.25 bits per heavy atom. The van der Waals surface area contributed by atoms with Gasteiger partial charge >= 0.3 is 0 Å². The third kappa shape index (κ3) is 2.81. The zero-order valence-corrected chi connectivity index (χ0v) is 9.26. The van der Waals surface area contributed by atoms with E-state index in [4.69, 9.17) is 11.6 Å². The number of nitrogens with one attached hydrogen (secondary N) is 2. The highest BCUT2D eigenvalue weighted by atomic mass is 35.5. The summed E-state index contributed by atoms with van der Waals surface area (Å²) in [5.41, 5.74) is 1.57. The Bertz CT molecular complexity index is 456. The third-order valence-electron chi connectivity index (χ3n) is 2.20. The van der Waals surface area contributed by atoms with Crippen molar-refractivity contribution in [3.8, 4) is 0 Å². The fourth-order valence-electron chi connectivity index (χ4n) is 1.38. The second kappa shape index (κ2) is 5.09. The van der Waals surface area contributed by atoms with Gasteiger partial charge in [-0.1, -0.05) is 17.7 Å². The van der Waals surface area contributed by atoms with Crippen LogP contribution in [0.5, 0.6) is 0 Å². The first kappa shape index (κ1) is 11.1. The van der Waals surface area contributed by atoms with Crippen molar-refractivity contribution < 1.29 is 4.39 Å². The van der Waals surface area contributed by atoms with E-state index in [0.29, 0.717) is 23.7 Å². The highest BCUT2D eigenvalue weighted by Crippen LogP contribution is 2.14. The molecule has 0 bridgehead atoms. The number of rotatable bonds is 4. The highest BCUT2D eigenvalue weighted by Gasteiger charge is 2.02. The van der Waals surface area contributed by atoms with Crippen LogP contribution in [-0.4, -0.2) is 9.97 Å². The molecule has 0 fully saturated rings. The molecule has 2 aromatic rings. The fraction of sp³-hybridized carbons (Fsp3) is 0.182. The Hall–Kier alpha value is -1.39. The molecule has 0 aliphatic heterocycles. The van der Waals surface area contributed by atoms with Crippen molar-refractivity contribution >= 4 is 11.6 Å². The molecule has 3 nitrogen and oxygen atoms in total. The average Bonchev–Trinajstić information content (AvgIpc) is 2.74. The Balaban J connectivity index is 1.90. The van der Waals surface area contributed by atoms with E-state index in [1.54, 1.807) is 24.7 Å². The molecule has 2 rings (SSSR count). The number of halogens is 2. The predicted octanol–water partition coefficient (Wildman–Crippen LogP) is 2.49. The van der Waals surface area contributed by atoms with E-state index in [0.717, 1.165) is 5.69 Å². The molecule has 1 aromatic carbocycles. The number of hydrogen-bond donors (Lipinski definition) is 2. The molecule has 16 heavy (non-hydrogen) atoms. The number of hydrogen-bond acceptors (Lipinski definition) is 2. The number of nitrogens with zero attached hydrogens (tertiary/aromatic N) is 1. The van der Waals surface area contributed by atoms with E-state index >= 15 is 0 Å². The van der Waals surface area contributed by atoms with Crippen LogP contribution in [0.1, 0.15) is 11.3 Å². The molecular weight excluding hydrogens is 229 g/mol. The normalized spacial score (nSPS) is 10.6. The van der Waals surface area contributed by atoms with Crippen molar-refractivity contribution in [2.75, 3.05) is 0 Å². The monoisotopic (exact) mass is 239 g/mol. The van der Waals surface area contributed by atoms with Crippen LogP contribution in [0.3, 0.4) is 0 Å². The van der Waals surface area contributed by atoms with Gasteiger partial charge in [-0.3, -0.25) is 0 Å². The van der Waals surface area contributed by atoms with E-state index in [-0.39, 0.29) is 5.82 Å². The smallest absolute Gasteiger partial charge is 0.129 e. The molecule has 1 heterocycles. The zero-order chi connectivity index (χ0) is 11.4. The number of aromatic amines is 1. The van der Waals surface area contributed by atoms with Crippen molar-refractivity contribution in [3.05, 3.63) is 52.8 Å². The summed E-state index contributed by atoms with van der Waals surface area (Å²) in [6.07, 6.45) is 3.34. The lowest BCUT2D eigenvalue weighted by Gasteiger charge is -2.05. The van der Waals surface area contributed by atoms with Crippen LogP contribution in [0, 0.1) is 5.82 Å². The summed E-state index contributed by atoms with van der Waals surface area (Å²) in [5.74, 6) is -0.287. The van der Waals surface area contributed by atoms with Crippen LogP contribution >= 0.6 is 11.6 Å². The standard InChI is InChI=1S/C11H11ClFN3/c12-9-2-1-8(11(13)3-9)4-14-5-10-6-15-7-16-10/h1-3,6-7,14H,4-5H2,(H,15,16). The van der Waals surface area contributed by atoms with Crippen molar-refractivity contribution in [1.82, 2.24) is 15.3 Å². The van der Waals surface area contributed by atoms with Gasteiger partial charge in [-0.15, -0.1) is 0 Å². The molecule has 0 radical (unpaired) electrons. The number of aromatic nitrogens is 2. The zero-order valence-electron chi connectivity index (χ0n) is 8.50. The molecule has 1 aromatic heterocycles. The largest absolute Gasteiger partial charge is 0.347 e. The second-order valence-corrected chi connectivity index (χ2v) is 3.85.